The predicted octanol–water partition coefficient (Wildman–Crippen LogP) is 4.31. The molecule has 22 heavy (non-hydrogen) atoms. The molecular weight excluding hydrogens is 273 g/mol. The van der Waals surface area contributed by atoms with E-state index in [0.717, 1.165) is 31.4 Å². The first-order valence-corrected chi connectivity index (χ1v) is 7.87. The lowest BCUT2D eigenvalue weighted by atomic mass is 9.93. The number of nitrogens with zero attached hydrogens (tertiary/aromatic N) is 1. The third-order valence-corrected chi connectivity index (χ3v) is 4.26. The van der Waals surface area contributed by atoms with Crippen LogP contribution in [0, 0.1) is 5.82 Å². The van der Waals surface area contributed by atoms with Crippen LogP contribution in [0.1, 0.15) is 28.7 Å². The van der Waals surface area contributed by atoms with Crippen LogP contribution in [0.25, 0.3) is 5.57 Å². The van der Waals surface area contributed by atoms with Gasteiger partial charge in [-0.1, -0.05) is 36.4 Å². The molecule has 0 aliphatic heterocycles. The topological polar surface area (TPSA) is 3.24 Å². The molecule has 0 unspecified atom stereocenters. The fraction of sp³-hybridized carbons (Fsp3) is 0.300. The Hall–Kier alpha value is -1.93. The van der Waals surface area contributed by atoms with Crippen LogP contribution in [0.3, 0.4) is 0 Å². The maximum atomic E-state index is 13.8. The van der Waals surface area contributed by atoms with Gasteiger partial charge in [-0.3, -0.25) is 0 Å². The van der Waals surface area contributed by atoms with Gasteiger partial charge < -0.3 is 4.90 Å². The molecule has 1 aliphatic carbocycles. The molecule has 0 atom stereocenters. The Bertz CT molecular complexity index is 701. The van der Waals surface area contributed by atoms with Crippen molar-refractivity contribution in [2.24, 2.45) is 0 Å². The SMILES string of the molecule is CN(C)CC/C=C1/c2ccccc2CCc2ccc(F)cc21. The molecule has 0 amide bonds. The van der Waals surface area contributed by atoms with E-state index in [1.807, 2.05) is 6.07 Å². The minimum absolute atomic E-state index is 0.156. The summed E-state index contributed by atoms with van der Waals surface area (Å²) in [5, 5.41) is 0. The number of hydrogen-bond acceptors (Lipinski definition) is 1. The molecular formula is C20H22FN. The quantitative estimate of drug-likeness (QED) is 0.815. The average molecular weight is 295 g/mol. The van der Waals surface area contributed by atoms with E-state index < -0.39 is 0 Å². The van der Waals surface area contributed by atoms with Gasteiger partial charge in [0.2, 0.25) is 0 Å². The van der Waals surface area contributed by atoms with Crippen LogP contribution in [0.15, 0.2) is 48.5 Å². The first-order chi connectivity index (χ1) is 10.6. The summed E-state index contributed by atoms with van der Waals surface area (Å²) in [6.07, 6.45) is 5.21. The van der Waals surface area contributed by atoms with Gasteiger partial charge in [0.15, 0.2) is 0 Å². The number of aryl methyl sites for hydroxylation is 2. The van der Waals surface area contributed by atoms with Crippen LogP contribution in [0.4, 0.5) is 4.39 Å². The van der Waals surface area contributed by atoms with Crippen molar-refractivity contribution in [1.82, 2.24) is 4.90 Å². The summed E-state index contributed by atoms with van der Waals surface area (Å²) in [4.78, 5) is 2.17. The van der Waals surface area contributed by atoms with Crippen LogP contribution < -0.4 is 0 Å². The summed E-state index contributed by atoms with van der Waals surface area (Å²) >= 11 is 0. The molecule has 0 saturated carbocycles. The Morgan fingerprint density at radius 3 is 2.50 bits per heavy atom. The van der Waals surface area contributed by atoms with Gasteiger partial charge in [-0.2, -0.15) is 0 Å². The van der Waals surface area contributed by atoms with Gasteiger partial charge in [0.1, 0.15) is 5.82 Å². The summed E-state index contributed by atoms with van der Waals surface area (Å²) in [6.45, 7) is 0.996. The fourth-order valence-corrected chi connectivity index (χ4v) is 3.12. The molecule has 3 rings (SSSR count). The Labute approximate surface area is 132 Å². The highest BCUT2D eigenvalue weighted by Crippen LogP contribution is 2.34. The van der Waals surface area contributed by atoms with Gasteiger partial charge in [-0.05, 0) is 73.3 Å². The molecule has 0 saturated heterocycles. The lowest BCUT2D eigenvalue weighted by Gasteiger charge is -2.13. The van der Waals surface area contributed by atoms with Gasteiger partial charge in [-0.15, -0.1) is 0 Å². The summed E-state index contributed by atoms with van der Waals surface area (Å²) < 4.78 is 13.8. The second kappa shape index (κ2) is 6.45. The molecule has 0 fully saturated rings. The normalized spacial score (nSPS) is 15.5. The summed E-state index contributed by atoms with van der Waals surface area (Å²) in [5.41, 5.74) is 6.10. The smallest absolute Gasteiger partial charge is 0.123 e. The van der Waals surface area contributed by atoms with Crippen molar-refractivity contribution in [3.05, 3.63) is 76.6 Å². The van der Waals surface area contributed by atoms with E-state index in [-0.39, 0.29) is 5.82 Å². The standard InChI is InChI=1S/C20H22FN/c1-22(2)13-5-8-19-18-7-4-3-6-15(18)9-10-16-11-12-17(21)14-20(16)19/h3-4,6-8,11-12,14H,5,9-10,13H2,1-2H3/b19-8-. The molecule has 2 aromatic carbocycles. The maximum Gasteiger partial charge on any atom is 0.123 e. The van der Waals surface area contributed by atoms with Crippen molar-refractivity contribution in [2.75, 3.05) is 20.6 Å². The van der Waals surface area contributed by atoms with E-state index >= 15 is 0 Å². The summed E-state index contributed by atoms with van der Waals surface area (Å²) in [7, 11) is 4.15. The van der Waals surface area contributed by atoms with Crippen LogP contribution >= 0.6 is 0 Å². The van der Waals surface area contributed by atoms with Crippen molar-refractivity contribution in [3.63, 3.8) is 0 Å². The Balaban J connectivity index is 2.10. The average Bonchev–Trinajstić information content (AvgIpc) is 2.65. The maximum absolute atomic E-state index is 13.8. The van der Waals surface area contributed by atoms with E-state index in [1.165, 1.54) is 22.3 Å². The molecule has 2 aromatic rings. The van der Waals surface area contributed by atoms with Crippen LogP contribution in [-0.4, -0.2) is 25.5 Å². The van der Waals surface area contributed by atoms with E-state index in [1.54, 1.807) is 12.1 Å². The number of rotatable bonds is 3. The molecule has 0 bridgehead atoms. The molecule has 0 heterocycles. The molecule has 0 spiro atoms. The van der Waals surface area contributed by atoms with Gasteiger partial charge in [0.05, 0.1) is 0 Å². The third-order valence-electron chi connectivity index (χ3n) is 4.26. The molecule has 1 nitrogen and oxygen atoms in total. The van der Waals surface area contributed by atoms with Crippen molar-refractivity contribution in [1.29, 1.82) is 0 Å². The first kappa shape index (κ1) is 15.0. The molecule has 114 valence electrons. The zero-order chi connectivity index (χ0) is 15.5. The van der Waals surface area contributed by atoms with Crippen LogP contribution in [0.2, 0.25) is 0 Å². The second-order valence-corrected chi connectivity index (χ2v) is 6.17. The van der Waals surface area contributed by atoms with Crippen molar-refractivity contribution >= 4 is 5.57 Å². The highest BCUT2D eigenvalue weighted by Gasteiger charge is 2.18. The molecule has 2 heteroatoms. The zero-order valence-corrected chi connectivity index (χ0v) is 13.3. The Morgan fingerprint density at radius 1 is 1.00 bits per heavy atom. The minimum Gasteiger partial charge on any atom is -0.309 e. The van der Waals surface area contributed by atoms with Gasteiger partial charge in [0, 0.05) is 6.54 Å². The molecule has 1 aliphatic rings. The Morgan fingerprint density at radius 2 is 1.73 bits per heavy atom. The van der Waals surface area contributed by atoms with Crippen molar-refractivity contribution in [2.45, 2.75) is 19.3 Å². The molecule has 0 radical (unpaired) electrons. The van der Waals surface area contributed by atoms with Crippen LogP contribution in [0.5, 0.6) is 0 Å². The lowest BCUT2D eigenvalue weighted by Crippen LogP contribution is -2.12. The third kappa shape index (κ3) is 3.12. The van der Waals surface area contributed by atoms with Crippen LogP contribution in [-0.2, 0) is 12.8 Å². The highest BCUT2D eigenvalue weighted by atomic mass is 19.1. The van der Waals surface area contributed by atoms with E-state index in [9.17, 15) is 4.39 Å². The predicted molar refractivity (Wildman–Crippen MR) is 90.5 cm³/mol. The van der Waals surface area contributed by atoms with Gasteiger partial charge in [-0.25, -0.2) is 4.39 Å². The number of benzene rings is 2. The molecule has 0 aromatic heterocycles. The first-order valence-electron chi connectivity index (χ1n) is 7.87. The lowest BCUT2D eigenvalue weighted by molar-refractivity contribution is 0.417. The Kier molecular flexibility index (Phi) is 4.39. The number of halogens is 1. The fourth-order valence-electron chi connectivity index (χ4n) is 3.12. The second-order valence-electron chi connectivity index (χ2n) is 6.17. The van der Waals surface area contributed by atoms with Crippen molar-refractivity contribution < 1.29 is 4.39 Å². The van der Waals surface area contributed by atoms with Gasteiger partial charge >= 0.3 is 0 Å². The number of hydrogen-bond donors (Lipinski definition) is 0. The van der Waals surface area contributed by atoms with E-state index in [4.69, 9.17) is 0 Å². The van der Waals surface area contributed by atoms with Crippen molar-refractivity contribution in [3.8, 4) is 0 Å². The monoisotopic (exact) mass is 295 g/mol. The molecule has 0 N–H and O–H groups in total. The van der Waals surface area contributed by atoms with E-state index in [2.05, 4.69) is 49.3 Å². The minimum atomic E-state index is -0.156. The number of fused-ring (bicyclic) bond motifs is 2. The van der Waals surface area contributed by atoms with E-state index in [0.29, 0.717) is 0 Å². The van der Waals surface area contributed by atoms with Gasteiger partial charge in [0.25, 0.3) is 0 Å². The zero-order valence-electron chi connectivity index (χ0n) is 13.3. The highest BCUT2D eigenvalue weighted by molar-refractivity contribution is 5.83. The largest absolute Gasteiger partial charge is 0.309 e. The summed E-state index contributed by atoms with van der Waals surface area (Å²) in [6, 6.07) is 13.7. The summed E-state index contributed by atoms with van der Waals surface area (Å²) in [5.74, 6) is -0.156.